The van der Waals surface area contributed by atoms with Crippen molar-refractivity contribution < 1.29 is 9.53 Å². The third-order valence-electron chi connectivity index (χ3n) is 5.17. The van der Waals surface area contributed by atoms with Crippen molar-refractivity contribution >= 4 is 28.7 Å². The summed E-state index contributed by atoms with van der Waals surface area (Å²) in [6.45, 7) is 4.52. The van der Waals surface area contributed by atoms with E-state index in [4.69, 9.17) is 9.73 Å². The number of thiazole rings is 1. The van der Waals surface area contributed by atoms with E-state index in [0.29, 0.717) is 13.1 Å². The number of hydrogen-bond acceptors (Lipinski definition) is 5. The molecule has 1 saturated heterocycles. The largest absolute Gasteiger partial charge is 0.378 e. The molecule has 1 aromatic heterocycles. The second kappa shape index (κ2) is 10.3. The van der Waals surface area contributed by atoms with E-state index in [2.05, 4.69) is 49.7 Å². The van der Waals surface area contributed by atoms with Gasteiger partial charge in [-0.25, -0.2) is 9.79 Å². The fourth-order valence-corrected chi connectivity index (χ4v) is 4.47. The Balaban J connectivity index is 1.63. The molecule has 0 atom stereocenters. The average Bonchev–Trinajstić information content (AvgIpc) is 3.22. The maximum atomic E-state index is 11.6. The Kier molecular flexibility index (Phi) is 7.01. The van der Waals surface area contributed by atoms with Crippen molar-refractivity contribution in [1.82, 2.24) is 15.2 Å². The summed E-state index contributed by atoms with van der Waals surface area (Å²) in [7, 11) is 1.62. The summed E-state index contributed by atoms with van der Waals surface area (Å²) in [5.74, 6) is 0. The summed E-state index contributed by atoms with van der Waals surface area (Å²) in [6, 6.07) is 18.4. The predicted octanol–water partition coefficient (Wildman–Crippen LogP) is 3.21. The van der Waals surface area contributed by atoms with Crippen molar-refractivity contribution in [3.05, 3.63) is 64.8 Å². The number of urea groups is 1. The van der Waals surface area contributed by atoms with E-state index in [1.54, 1.807) is 18.4 Å². The minimum Gasteiger partial charge on any atom is -0.378 e. The van der Waals surface area contributed by atoms with Crippen LogP contribution in [-0.4, -0.2) is 50.5 Å². The van der Waals surface area contributed by atoms with Gasteiger partial charge in [-0.15, -0.1) is 11.3 Å². The van der Waals surface area contributed by atoms with Crippen LogP contribution >= 0.6 is 11.3 Å². The number of carbonyl (C=O) groups is 1. The van der Waals surface area contributed by atoms with E-state index in [9.17, 15) is 4.79 Å². The van der Waals surface area contributed by atoms with E-state index in [-0.39, 0.29) is 6.03 Å². The summed E-state index contributed by atoms with van der Waals surface area (Å²) in [5.41, 5.74) is 4.34. The van der Waals surface area contributed by atoms with Gasteiger partial charge in [0.1, 0.15) is 0 Å². The van der Waals surface area contributed by atoms with Gasteiger partial charge in [0.05, 0.1) is 24.6 Å². The van der Waals surface area contributed by atoms with Gasteiger partial charge in [0, 0.05) is 44.3 Å². The van der Waals surface area contributed by atoms with Crippen LogP contribution in [0.15, 0.2) is 65.0 Å². The molecule has 0 saturated carbocycles. The van der Waals surface area contributed by atoms with Crippen molar-refractivity contribution in [2.24, 2.45) is 4.99 Å². The highest BCUT2D eigenvalue weighted by Gasteiger charge is 2.13. The highest BCUT2D eigenvalue weighted by Crippen LogP contribution is 2.25. The summed E-state index contributed by atoms with van der Waals surface area (Å²) in [5, 5.41) is 7.59. The lowest BCUT2D eigenvalue weighted by molar-refractivity contribution is 0.122. The van der Waals surface area contributed by atoms with Gasteiger partial charge in [0.25, 0.3) is 0 Å². The topological polar surface area (TPSA) is 70.9 Å². The SMILES string of the molecule is CNC(=O)NCCn1c(-c2ccc(N3CCOCC3)cc2)csc1=Nc1ccccc1. The van der Waals surface area contributed by atoms with E-state index >= 15 is 0 Å². The van der Waals surface area contributed by atoms with Crippen LogP contribution in [0.2, 0.25) is 0 Å². The first kappa shape index (κ1) is 21.1. The molecule has 2 N–H and O–H groups in total. The third-order valence-corrected chi connectivity index (χ3v) is 6.03. The van der Waals surface area contributed by atoms with Gasteiger partial charge in [-0.1, -0.05) is 30.3 Å². The molecular formula is C23H27N5O2S. The Morgan fingerprint density at radius 1 is 1.10 bits per heavy atom. The standard InChI is InChI=1S/C23H27N5O2S/c1-24-22(29)25-11-12-28-21(17-31-23(28)26-19-5-3-2-4-6-19)18-7-9-20(10-8-18)27-13-15-30-16-14-27/h2-10,17H,11-16H2,1H3,(H2,24,25,29). The zero-order chi connectivity index (χ0) is 21.5. The molecule has 8 heteroatoms. The molecule has 0 spiro atoms. The molecule has 162 valence electrons. The lowest BCUT2D eigenvalue weighted by Gasteiger charge is -2.28. The van der Waals surface area contributed by atoms with Gasteiger partial charge in [-0.05, 0) is 29.8 Å². The molecular weight excluding hydrogens is 410 g/mol. The van der Waals surface area contributed by atoms with E-state index in [1.807, 2.05) is 30.3 Å². The second-order valence-electron chi connectivity index (χ2n) is 7.15. The van der Waals surface area contributed by atoms with Gasteiger partial charge < -0.3 is 24.8 Å². The number of benzene rings is 2. The zero-order valence-electron chi connectivity index (χ0n) is 17.6. The van der Waals surface area contributed by atoms with Crippen molar-refractivity contribution in [3.63, 3.8) is 0 Å². The van der Waals surface area contributed by atoms with Gasteiger partial charge in [0.2, 0.25) is 0 Å². The van der Waals surface area contributed by atoms with Crippen LogP contribution in [0.4, 0.5) is 16.2 Å². The molecule has 0 bridgehead atoms. The monoisotopic (exact) mass is 437 g/mol. The van der Waals surface area contributed by atoms with Crippen molar-refractivity contribution in [2.75, 3.05) is 44.8 Å². The lowest BCUT2D eigenvalue weighted by Crippen LogP contribution is -2.36. The van der Waals surface area contributed by atoms with Gasteiger partial charge in [-0.3, -0.25) is 0 Å². The Hall–Kier alpha value is -3.10. The number of hydrogen-bond donors (Lipinski definition) is 2. The Morgan fingerprint density at radius 3 is 2.55 bits per heavy atom. The zero-order valence-corrected chi connectivity index (χ0v) is 18.4. The molecule has 0 radical (unpaired) electrons. The average molecular weight is 438 g/mol. The highest BCUT2D eigenvalue weighted by molar-refractivity contribution is 7.07. The first-order valence-corrected chi connectivity index (χ1v) is 11.3. The quantitative estimate of drug-likeness (QED) is 0.622. The molecule has 0 unspecified atom stereocenters. The van der Waals surface area contributed by atoms with Gasteiger partial charge in [-0.2, -0.15) is 0 Å². The van der Waals surface area contributed by atoms with Gasteiger partial charge >= 0.3 is 6.03 Å². The van der Waals surface area contributed by atoms with Crippen molar-refractivity contribution in [1.29, 1.82) is 0 Å². The normalized spacial score (nSPS) is 14.5. The molecule has 7 nitrogen and oxygen atoms in total. The number of nitrogens with one attached hydrogen (secondary N) is 2. The third kappa shape index (κ3) is 5.34. The number of carbonyl (C=O) groups excluding carboxylic acids is 1. The first-order chi connectivity index (χ1) is 15.2. The fourth-order valence-electron chi connectivity index (χ4n) is 3.51. The molecule has 1 fully saturated rings. The van der Waals surface area contributed by atoms with Crippen LogP contribution in [0, 0.1) is 0 Å². The molecule has 1 aliphatic rings. The molecule has 31 heavy (non-hydrogen) atoms. The molecule has 2 aromatic carbocycles. The first-order valence-electron chi connectivity index (χ1n) is 10.4. The molecule has 0 aliphatic carbocycles. The maximum absolute atomic E-state index is 11.6. The summed E-state index contributed by atoms with van der Waals surface area (Å²) < 4.78 is 7.62. The smallest absolute Gasteiger partial charge is 0.314 e. The minimum absolute atomic E-state index is 0.186. The van der Waals surface area contributed by atoms with Crippen LogP contribution in [0.1, 0.15) is 0 Å². The molecule has 3 aromatic rings. The molecule has 2 amide bonds. The summed E-state index contributed by atoms with van der Waals surface area (Å²) >= 11 is 1.60. The molecule has 2 heterocycles. The van der Waals surface area contributed by atoms with Crippen LogP contribution < -0.4 is 20.3 Å². The number of aromatic nitrogens is 1. The van der Waals surface area contributed by atoms with Crippen LogP contribution in [0.5, 0.6) is 0 Å². The minimum atomic E-state index is -0.186. The second-order valence-corrected chi connectivity index (χ2v) is 7.99. The van der Waals surface area contributed by atoms with Crippen LogP contribution in [0.3, 0.4) is 0 Å². The highest BCUT2D eigenvalue weighted by atomic mass is 32.1. The number of anilines is 1. The predicted molar refractivity (Wildman–Crippen MR) is 125 cm³/mol. The van der Waals surface area contributed by atoms with Crippen molar-refractivity contribution in [3.8, 4) is 11.3 Å². The summed E-state index contributed by atoms with van der Waals surface area (Å²) in [4.78, 5) is 19.7. The van der Waals surface area contributed by atoms with Gasteiger partial charge in [0.15, 0.2) is 4.80 Å². The fraction of sp³-hybridized carbons (Fsp3) is 0.304. The van der Waals surface area contributed by atoms with E-state index in [0.717, 1.165) is 48.0 Å². The number of rotatable bonds is 6. The Labute approximate surface area is 186 Å². The Bertz CT molecular complexity index is 1050. The maximum Gasteiger partial charge on any atom is 0.314 e. The molecule has 4 rings (SSSR count). The lowest BCUT2D eigenvalue weighted by atomic mass is 10.1. The van der Waals surface area contributed by atoms with E-state index < -0.39 is 0 Å². The van der Waals surface area contributed by atoms with Crippen LogP contribution in [-0.2, 0) is 11.3 Å². The number of ether oxygens (including phenoxy) is 1. The number of para-hydroxylation sites is 1. The number of nitrogens with zero attached hydrogens (tertiary/aromatic N) is 3. The molecule has 1 aliphatic heterocycles. The van der Waals surface area contributed by atoms with Crippen molar-refractivity contribution in [2.45, 2.75) is 6.54 Å². The number of morpholine rings is 1. The summed E-state index contributed by atoms with van der Waals surface area (Å²) in [6.07, 6.45) is 0. The van der Waals surface area contributed by atoms with Crippen LogP contribution in [0.25, 0.3) is 11.3 Å². The Morgan fingerprint density at radius 2 is 1.84 bits per heavy atom. The van der Waals surface area contributed by atoms with E-state index in [1.165, 1.54) is 5.69 Å². The number of amides is 2.